The van der Waals surface area contributed by atoms with E-state index in [2.05, 4.69) is 54.1 Å². The molecule has 0 amide bonds. The molecule has 4 nitrogen and oxygen atoms in total. The first-order valence-corrected chi connectivity index (χ1v) is 8.75. The molecule has 1 aliphatic rings. The Morgan fingerprint density at radius 3 is 2.86 bits per heavy atom. The van der Waals surface area contributed by atoms with Gasteiger partial charge < -0.3 is 4.52 Å². The van der Waals surface area contributed by atoms with Crippen LogP contribution in [0.25, 0.3) is 0 Å². The van der Waals surface area contributed by atoms with Crippen molar-refractivity contribution in [2.75, 3.05) is 0 Å². The second-order valence-corrected chi connectivity index (χ2v) is 8.04. The third kappa shape index (κ3) is 3.49. The summed E-state index contributed by atoms with van der Waals surface area (Å²) in [6.45, 7) is 6.19. The van der Waals surface area contributed by atoms with Crippen molar-refractivity contribution in [3.05, 3.63) is 41.5 Å². The van der Waals surface area contributed by atoms with Crippen molar-refractivity contribution in [1.82, 2.24) is 10.1 Å². The Hall–Kier alpha value is -1.27. The van der Waals surface area contributed by atoms with Crippen LogP contribution in [0.15, 0.2) is 33.8 Å². The van der Waals surface area contributed by atoms with E-state index in [4.69, 9.17) is 4.52 Å². The highest BCUT2D eigenvalue weighted by atomic mass is 32.2. The zero-order valence-electron chi connectivity index (χ0n) is 12.3. The minimum absolute atomic E-state index is 0.105. The summed E-state index contributed by atoms with van der Waals surface area (Å²) in [7, 11) is 0. The fourth-order valence-corrected chi connectivity index (χ4v) is 3.74. The van der Waals surface area contributed by atoms with E-state index in [0.29, 0.717) is 11.6 Å². The van der Waals surface area contributed by atoms with E-state index < -0.39 is 0 Å². The van der Waals surface area contributed by atoms with Gasteiger partial charge >= 0.3 is 0 Å². The Kier molecular flexibility index (Phi) is 4.08. The molecular weight excluding hydrogens is 302 g/mol. The van der Waals surface area contributed by atoms with E-state index in [0.717, 1.165) is 21.6 Å². The van der Waals surface area contributed by atoms with Gasteiger partial charge in [0.15, 0.2) is 5.82 Å². The molecule has 0 spiro atoms. The van der Waals surface area contributed by atoms with Gasteiger partial charge in [0.2, 0.25) is 5.89 Å². The Morgan fingerprint density at radius 2 is 2.10 bits per heavy atom. The molecule has 0 N–H and O–H groups in total. The molecule has 0 saturated carbocycles. The predicted molar refractivity (Wildman–Crippen MR) is 89.1 cm³/mol. The monoisotopic (exact) mass is 319 g/mol. The molecule has 1 aromatic carbocycles. The number of aromatic nitrogens is 2. The van der Waals surface area contributed by atoms with Crippen molar-refractivity contribution in [2.45, 2.75) is 37.7 Å². The molecule has 1 aliphatic heterocycles. The zero-order valence-corrected chi connectivity index (χ0v) is 13.9. The molecule has 0 fully saturated rings. The summed E-state index contributed by atoms with van der Waals surface area (Å²) in [6.07, 6.45) is 0. The van der Waals surface area contributed by atoms with Crippen molar-refractivity contribution < 1.29 is 4.52 Å². The van der Waals surface area contributed by atoms with Crippen LogP contribution in [0.2, 0.25) is 0 Å². The molecule has 21 heavy (non-hydrogen) atoms. The van der Waals surface area contributed by atoms with Crippen molar-refractivity contribution >= 4 is 33.6 Å². The van der Waals surface area contributed by atoms with E-state index in [9.17, 15) is 0 Å². The van der Waals surface area contributed by atoms with Gasteiger partial charge in [-0.2, -0.15) is 4.98 Å². The second kappa shape index (κ2) is 5.85. The molecule has 0 unspecified atom stereocenters. The lowest BCUT2D eigenvalue weighted by Crippen LogP contribution is -2.11. The molecule has 2 aromatic rings. The largest absolute Gasteiger partial charge is 0.339 e. The number of fused-ring (bicyclic) bond motifs is 1. The molecule has 6 heteroatoms. The maximum absolute atomic E-state index is 5.30. The first-order valence-electron chi connectivity index (χ1n) is 6.77. The highest BCUT2D eigenvalue weighted by Gasteiger charge is 2.22. The minimum Gasteiger partial charge on any atom is -0.339 e. The Labute approximate surface area is 132 Å². The Balaban J connectivity index is 1.66. The lowest BCUT2D eigenvalue weighted by molar-refractivity contribution is 0.319. The van der Waals surface area contributed by atoms with E-state index in [-0.39, 0.29) is 5.41 Å². The molecule has 0 bridgehead atoms. The number of rotatable bonds is 2. The lowest BCUT2D eigenvalue weighted by atomic mass is 9.97. The maximum Gasteiger partial charge on any atom is 0.232 e. The molecule has 0 atom stereocenters. The molecule has 0 saturated heterocycles. The summed E-state index contributed by atoms with van der Waals surface area (Å²) in [5.74, 6) is 3.07. The summed E-state index contributed by atoms with van der Waals surface area (Å²) >= 11 is 3.43. The summed E-state index contributed by atoms with van der Waals surface area (Å²) in [5.41, 5.74) is 2.26. The quantitative estimate of drug-likeness (QED) is 0.813. The van der Waals surface area contributed by atoms with Gasteiger partial charge in [0.1, 0.15) is 4.38 Å². The van der Waals surface area contributed by atoms with Gasteiger partial charge in [-0.05, 0) is 11.6 Å². The van der Waals surface area contributed by atoms with Gasteiger partial charge in [0.05, 0.1) is 11.4 Å². The number of hydrogen-bond acceptors (Lipinski definition) is 6. The van der Waals surface area contributed by atoms with Crippen LogP contribution in [0.3, 0.4) is 0 Å². The van der Waals surface area contributed by atoms with Crippen LogP contribution in [0.5, 0.6) is 0 Å². The van der Waals surface area contributed by atoms with Crippen LogP contribution < -0.4 is 0 Å². The van der Waals surface area contributed by atoms with Gasteiger partial charge in [0, 0.05) is 11.2 Å². The summed E-state index contributed by atoms with van der Waals surface area (Å²) in [5, 5.41) is 4.04. The van der Waals surface area contributed by atoms with Gasteiger partial charge in [-0.25, -0.2) is 4.99 Å². The number of aliphatic imine (C=N–C) groups is 1. The zero-order chi connectivity index (χ0) is 14.9. The Bertz CT molecular complexity index is 674. The average molecular weight is 319 g/mol. The smallest absolute Gasteiger partial charge is 0.232 e. The molecular formula is C15H17N3OS2. The van der Waals surface area contributed by atoms with Crippen molar-refractivity contribution in [1.29, 1.82) is 0 Å². The van der Waals surface area contributed by atoms with Gasteiger partial charge in [0.25, 0.3) is 0 Å². The van der Waals surface area contributed by atoms with E-state index in [1.54, 1.807) is 23.5 Å². The van der Waals surface area contributed by atoms with Crippen LogP contribution >= 0.6 is 23.5 Å². The SMILES string of the molecule is CC(C)(C)c1nc(CSC2=Nc3ccccc3CS2)no1. The summed E-state index contributed by atoms with van der Waals surface area (Å²) < 4.78 is 6.37. The number of para-hydroxylation sites is 1. The molecule has 1 aromatic heterocycles. The number of benzene rings is 1. The van der Waals surface area contributed by atoms with Crippen LogP contribution in [0.1, 0.15) is 38.0 Å². The van der Waals surface area contributed by atoms with E-state index >= 15 is 0 Å². The Morgan fingerprint density at radius 1 is 1.29 bits per heavy atom. The van der Waals surface area contributed by atoms with Crippen molar-refractivity contribution in [3.8, 4) is 0 Å². The highest BCUT2D eigenvalue weighted by Crippen LogP contribution is 2.35. The van der Waals surface area contributed by atoms with Gasteiger partial charge in [-0.3, -0.25) is 0 Å². The number of thioether (sulfide) groups is 2. The lowest BCUT2D eigenvalue weighted by Gasteiger charge is -2.13. The van der Waals surface area contributed by atoms with Crippen LogP contribution in [0, 0.1) is 0 Å². The number of hydrogen-bond donors (Lipinski definition) is 0. The van der Waals surface area contributed by atoms with Gasteiger partial charge in [-0.15, -0.1) is 0 Å². The topological polar surface area (TPSA) is 51.3 Å². The highest BCUT2D eigenvalue weighted by molar-refractivity contribution is 8.38. The van der Waals surface area contributed by atoms with Crippen LogP contribution in [-0.4, -0.2) is 14.5 Å². The second-order valence-electron chi connectivity index (χ2n) is 5.85. The molecule has 110 valence electrons. The predicted octanol–water partition coefficient (Wildman–Crippen LogP) is 4.53. The molecule has 3 rings (SSSR count). The third-order valence-corrected chi connectivity index (χ3v) is 5.23. The third-order valence-electron chi connectivity index (χ3n) is 2.99. The molecule has 2 heterocycles. The van der Waals surface area contributed by atoms with E-state index in [1.165, 1.54) is 5.56 Å². The minimum atomic E-state index is -0.105. The maximum atomic E-state index is 5.30. The van der Waals surface area contributed by atoms with Crippen molar-refractivity contribution in [2.24, 2.45) is 4.99 Å². The first kappa shape index (κ1) is 14.7. The van der Waals surface area contributed by atoms with E-state index in [1.807, 2.05) is 6.07 Å². The number of nitrogens with zero attached hydrogens (tertiary/aromatic N) is 3. The average Bonchev–Trinajstić information content (AvgIpc) is 2.94. The summed E-state index contributed by atoms with van der Waals surface area (Å²) in [6, 6.07) is 8.26. The van der Waals surface area contributed by atoms with Gasteiger partial charge in [-0.1, -0.05) is 67.7 Å². The molecule has 0 radical (unpaired) electrons. The molecule has 0 aliphatic carbocycles. The summed E-state index contributed by atoms with van der Waals surface area (Å²) in [4.78, 5) is 9.12. The normalized spacial score (nSPS) is 14.7. The fraction of sp³-hybridized carbons (Fsp3) is 0.400. The standard InChI is InChI=1S/C15H17N3OS2/c1-15(2,3)13-17-12(18-19-13)9-21-14-16-11-7-5-4-6-10(11)8-20-14/h4-7H,8-9H2,1-3H3. The van der Waals surface area contributed by atoms with Crippen LogP contribution in [-0.2, 0) is 16.9 Å². The fourth-order valence-electron chi connectivity index (χ4n) is 1.83. The van der Waals surface area contributed by atoms with Crippen molar-refractivity contribution in [3.63, 3.8) is 0 Å². The first-order chi connectivity index (χ1) is 10.0. The van der Waals surface area contributed by atoms with Crippen LogP contribution in [0.4, 0.5) is 5.69 Å².